The third-order valence-electron chi connectivity index (χ3n) is 3.15. The first-order valence-electron chi connectivity index (χ1n) is 6.94. The van der Waals surface area contributed by atoms with Crippen LogP contribution in [-0.2, 0) is 0 Å². The van der Waals surface area contributed by atoms with E-state index < -0.39 is 0 Å². The second-order valence-electron chi connectivity index (χ2n) is 4.84. The predicted octanol–water partition coefficient (Wildman–Crippen LogP) is 4.18. The summed E-state index contributed by atoms with van der Waals surface area (Å²) in [6.45, 7) is 5.05. The number of hydrogen-bond donors (Lipinski definition) is 2. The summed E-state index contributed by atoms with van der Waals surface area (Å²) in [5.74, 6) is 1.52. The summed E-state index contributed by atoms with van der Waals surface area (Å²) in [6.07, 6.45) is 1.81. The molecule has 0 spiro atoms. The van der Waals surface area contributed by atoms with Crippen LogP contribution in [0.4, 0.5) is 5.82 Å². The van der Waals surface area contributed by atoms with Crippen molar-refractivity contribution >= 4 is 33.5 Å². The lowest BCUT2D eigenvalue weighted by Crippen LogP contribution is -2.24. The van der Waals surface area contributed by atoms with Crippen LogP contribution < -0.4 is 11.1 Å². The Labute approximate surface area is 138 Å². The van der Waals surface area contributed by atoms with Crippen LogP contribution in [0.2, 0.25) is 0 Å². The van der Waals surface area contributed by atoms with E-state index in [-0.39, 0.29) is 6.04 Å². The van der Waals surface area contributed by atoms with Crippen molar-refractivity contribution in [3.8, 4) is 0 Å². The summed E-state index contributed by atoms with van der Waals surface area (Å²) in [4.78, 5) is 5.51. The van der Waals surface area contributed by atoms with Crippen LogP contribution >= 0.6 is 27.7 Å². The van der Waals surface area contributed by atoms with Crippen molar-refractivity contribution in [1.29, 1.82) is 0 Å². The van der Waals surface area contributed by atoms with Crippen LogP contribution in [0.5, 0.6) is 0 Å². The smallest absolute Gasteiger partial charge is 0.128 e. The Morgan fingerprint density at radius 2 is 2.14 bits per heavy atom. The van der Waals surface area contributed by atoms with Crippen molar-refractivity contribution in [2.75, 3.05) is 18.0 Å². The molecule has 0 aliphatic rings. The number of thioether (sulfide) groups is 1. The lowest BCUT2D eigenvalue weighted by atomic mass is 10.1. The summed E-state index contributed by atoms with van der Waals surface area (Å²) >= 11 is 5.40. The number of anilines is 1. The third-order valence-corrected chi connectivity index (χ3v) is 5.28. The molecule has 1 atom stereocenters. The van der Waals surface area contributed by atoms with Crippen LogP contribution in [0, 0.1) is 6.92 Å². The van der Waals surface area contributed by atoms with Crippen molar-refractivity contribution in [1.82, 2.24) is 10.3 Å². The highest BCUT2D eigenvalue weighted by Gasteiger charge is 2.15. The molecule has 3 N–H and O–H groups in total. The highest BCUT2D eigenvalue weighted by Crippen LogP contribution is 2.31. The largest absolute Gasteiger partial charge is 0.383 e. The van der Waals surface area contributed by atoms with Crippen molar-refractivity contribution in [3.05, 3.63) is 52.1 Å². The van der Waals surface area contributed by atoms with E-state index in [1.54, 1.807) is 0 Å². The van der Waals surface area contributed by atoms with Gasteiger partial charge in [0.15, 0.2) is 0 Å². The van der Waals surface area contributed by atoms with E-state index in [1.807, 2.05) is 30.9 Å². The third kappa shape index (κ3) is 4.46. The van der Waals surface area contributed by atoms with E-state index in [1.165, 1.54) is 4.90 Å². The van der Waals surface area contributed by atoms with Gasteiger partial charge in [-0.15, -0.1) is 11.8 Å². The number of benzene rings is 1. The monoisotopic (exact) mass is 365 g/mol. The van der Waals surface area contributed by atoms with E-state index in [0.29, 0.717) is 5.82 Å². The molecule has 2 rings (SSSR count). The molecule has 112 valence electrons. The molecule has 5 heteroatoms. The summed E-state index contributed by atoms with van der Waals surface area (Å²) in [5, 5.41) is 3.50. The molecule has 2 aromatic rings. The van der Waals surface area contributed by atoms with Gasteiger partial charge in [0.25, 0.3) is 0 Å². The number of hydrogen-bond acceptors (Lipinski definition) is 4. The number of aryl methyl sites for hydroxylation is 1. The van der Waals surface area contributed by atoms with Crippen LogP contribution in [0.1, 0.15) is 24.1 Å². The first kappa shape index (κ1) is 16.3. The SMILES string of the molecule is CCNC(CSc1ccccc1Br)c1cc(C)cnc1N. The number of nitrogens with zero attached hydrogens (tertiary/aromatic N) is 1. The maximum Gasteiger partial charge on any atom is 0.128 e. The lowest BCUT2D eigenvalue weighted by Gasteiger charge is -2.20. The number of pyridine rings is 1. The van der Waals surface area contributed by atoms with Crippen LogP contribution in [0.15, 0.2) is 45.9 Å². The minimum Gasteiger partial charge on any atom is -0.383 e. The van der Waals surface area contributed by atoms with E-state index in [0.717, 1.165) is 27.9 Å². The maximum atomic E-state index is 6.05. The zero-order valence-corrected chi connectivity index (χ0v) is 14.7. The number of nitrogen functional groups attached to an aromatic ring is 1. The molecule has 0 aliphatic heterocycles. The second-order valence-corrected chi connectivity index (χ2v) is 6.75. The van der Waals surface area contributed by atoms with Gasteiger partial charge in [-0.3, -0.25) is 0 Å². The zero-order valence-electron chi connectivity index (χ0n) is 12.3. The molecule has 1 unspecified atom stereocenters. The zero-order chi connectivity index (χ0) is 15.2. The molecule has 0 amide bonds. The van der Waals surface area contributed by atoms with Gasteiger partial charge in [0.05, 0.1) is 0 Å². The molecule has 0 bridgehead atoms. The summed E-state index contributed by atoms with van der Waals surface area (Å²) < 4.78 is 1.13. The van der Waals surface area contributed by atoms with E-state index >= 15 is 0 Å². The number of nitrogens with two attached hydrogens (primary N) is 1. The minimum atomic E-state index is 0.194. The molecule has 0 aliphatic carbocycles. The van der Waals surface area contributed by atoms with Gasteiger partial charge in [-0.2, -0.15) is 0 Å². The van der Waals surface area contributed by atoms with Gasteiger partial charge in [0.2, 0.25) is 0 Å². The molecule has 1 heterocycles. The first-order chi connectivity index (χ1) is 10.1. The summed E-state index contributed by atoms with van der Waals surface area (Å²) in [7, 11) is 0. The fourth-order valence-corrected chi connectivity index (χ4v) is 3.77. The van der Waals surface area contributed by atoms with E-state index in [4.69, 9.17) is 5.73 Å². The number of rotatable bonds is 6. The van der Waals surface area contributed by atoms with E-state index in [9.17, 15) is 0 Å². The molecule has 1 aromatic carbocycles. The Morgan fingerprint density at radius 1 is 1.38 bits per heavy atom. The van der Waals surface area contributed by atoms with E-state index in [2.05, 4.69) is 57.4 Å². The Bertz CT molecular complexity index is 604. The highest BCUT2D eigenvalue weighted by atomic mass is 79.9. The van der Waals surface area contributed by atoms with Gasteiger partial charge in [0, 0.05) is 32.9 Å². The Kier molecular flexibility index (Phi) is 6.08. The maximum absolute atomic E-state index is 6.05. The predicted molar refractivity (Wildman–Crippen MR) is 94.7 cm³/mol. The van der Waals surface area contributed by atoms with Crippen molar-refractivity contribution < 1.29 is 0 Å². The van der Waals surface area contributed by atoms with Gasteiger partial charge in [-0.25, -0.2) is 4.98 Å². The fraction of sp³-hybridized carbons (Fsp3) is 0.312. The Hall–Kier alpha value is -1.04. The summed E-state index contributed by atoms with van der Waals surface area (Å²) in [5.41, 5.74) is 8.26. The Balaban J connectivity index is 2.16. The van der Waals surface area contributed by atoms with Gasteiger partial charge in [-0.05, 0) is 53.2 Å². The highest BCUT2D eigenvalue weighted by molar-refractivity contribution is 9.10. The normalized spacial score (nSPS) is 12.3. The van der Waals surface area contributed by atoms with Gasteiger partial charge >= 0.3 is 0 Å². The molecule has 3 nitrogen and oxygen atoms in total. The molecule has 0 radical (unpaired) electrons. The molecular formula is C16H20BrN3S. The standard InChI is InChI=1S/C16H20BrN3S/c1-3-19-14(12-8-11(2)9-20-16(12)18)10-21-15-7-5-4-6-13(15)17/h4-9,14,19H,3,10H2,1-2H3,(H2,18,20). The topological polar surface area (TPSA) is 50.9 Å². The quantitative estimate of drug-likeness (QED) is 0.753. The molecule has 21 heavy (non-hydrogen) atoms. The fourth-order valence-electron chi connectivity index (χ4n) is 2.12. The second kappa shape index (κ2) is 7.82. The molecule has 1 aromatic heterocycles. The van der Waals surface area contributed by atoms with Crippen LogP contribution in [0.25, 0.3) is 0 Å². The van der Waals surface area contributed by atoms with Crippen molar-refractivity contribution in [3.63, 3.8) is 0 Å². The summed E-state index contributed by atoms with van der Waals surface area (Å²) in [6, 6.07) is 10.6. The molecule has 0 saturated heterocycles. The van der Waals surface area contributed by atoms with Crippen molar-refractivity contribution in [2.24, 2.45) is 0 Å². The molecular weight excluding hydrogens is 346 g/mol. The minimum absolute atomic E-state index is 0.194. The lowest BCUT2D eigenvalue weighted by molar-refractivity contribution is 0.605. The van der Waals surface area contributed by atoms with Gasteiger partial charge < -0.3 is 11.1 Å². The van der Waals surface area contributed by atoms with Gasteiger partial charge in [0.1, 0.15) is 5.82 Å². The van der Waals surface area contributed by atoms with Crippen LogP contribution in [-0.4, -0.2) is 17.3 Å². The number of aromatic nitrogens is 1. The number of halogens is 1. The van der Waals surface area contributed by atoms with Crippen molar-refractivity contribution in [2.45, 2.75) is 24.8 Å². The average molecular weight is 366 g/mol. The molecule has 0 saturated carbocycles. The van der Waals surface area contributed by atoms with Gasteiger partial charge in [-0.1, -0.05) is 19.1 Å². The molecule has 0 fully saturated rings. The first-order valence-corrected chi connectivity index (χ1v) is 8.72. The average Bonchev–Trinajstić information content (AvgIpc) is 2.48. The number of nitrogens with one attached hydrogen (secondary N) is 1. The van der Waals surface area contributed by atoms with Crippen LogP contribution in [0.3, 0.4) is 0 Å². The Morgan fingerprint density at radius 3 is 2.86 bits per heavy atom.